The van der Waals surface area contributed by atoms with E-state index in [1.165, 1.54) is 12.1 Å². The molecule has 0 aliphatic carbocycles. The van der Waals surface area contributed by atoms with Gasteiger partial charge >= 0.3 is 0 Å². The van der Waals surface area contributed by atoms with E-state index in [1.807, 2.05) is 24.3 Å². The molecule has 1 aromatic carbocycles. The van der Waals surface area contributed by atoms with Crippen molar-refractivity contribution in [3.05, 3.63) is 80.9 Å². The Balaban J connectivity index is 1.67. The SMILES string of the molecule is CC1CN(Cc2cc(=O)c(O)co2)c2ccccc2N(Cc2cc(=O)c(O)co2)C1. The quantitative estimate of drug-likeness (QED) is 0.676. The van der Waals surface area contributed by atoms with E-state index in [4.69, 9.17) is 8.83 Å². The highest BCUT2D eigenvalue weighted by Gasteiger charge is 2.25. The fraction of sp³-hybridized carbons (Fsp3) is 0.273. The van der Waals surface area contributed by atoms with Crippen molar-refractivity contribution in [1.29, 1.82) is 0 Å². The lowest BCUT2D eigenvalue weighted by atomic mass is 10.1. The van der Waals surface area contributed by atoms with Gasteiger partial charge in [-0.05, 0) is 18.1 Å². The molecule has 4 rings (SSSR count). The van der Waals surface area contributed by atoms with Crippen molar-refractivity contribution in [3.8, 4) is 11.5 Å². The van der Waals surface area contributed by atoms with Crippen LogP contribution in [0.5, 0.6) is 11.5 Å². The molecule has 30 heavy (non-hydrogen) atoms. The molecule has 2 aromatic heterocycles. The van der Waals surface area contributed by atoms with Crippen molar-refractivity contribution < 1.29 is 19.0 Å². The summed E-state index contributed by atoms with van der Waals surface area (Å²) >= 11 is 0. The van der Waals surface area contributed by atoms with Gasteiger partial charge in [0.1, 0.15) is 24.0 Å². The molecule has 1 aliphatic heterocycles. The monoisotopic (exact) mass is 410 g/mol. The van der Waals surface area contributed by atoms with Gasteiger partial charge in [-0.2, -0.15) is 0 Å². The highest BCUT2D eigenvalue weighted by molar-refractivity contribution is 5.72. The van der Waals surface area contributed by atoms with Gasteiger partial charge in [-0.1, -0.05) is 19.1 Å². The summed E-state index contributed by atoms with van der Waals surface area (Å²) in [5, 5.41) is 18.9. The van der Waals surface area contributed by atoms with Crippen LogP contribution in [0.4, 0.5) is 11.4 Å². The molecule has 0 bridgehead atoms. The van der Waals surface area contributed by atoms with Crippen molar-refractivity contribution in [3.63, 3.8) is 0 Å². The summed E-state index contributed by atoms with van der Waals surface area (Å²) in [6.45, 7) is 4.30. The van der Waals surface area contributed by atoms with Crippen LogP contribution in [0.3, 0.4) is 0 Å². The first-order valence-electron chi connectivity index (χ1n) is 9.61. The predicted octanol–water partition coefficient (Wildman–Crippen LogP) is 2.67. The minimum atomic E-state index is -0.476. The number of fused-ring (bicyclic) bond motifs is 1. The standard InChI is InChI=1S/C22H22N2O6/c1-14-8-23(10-15-6-19(25)21(27)12-29-15)17-4-2-3-5-18(17)24(9-14)11-16-7-20(26)22(28)13-30-16/h2-7,12-14,27-28H,8-11H2,1H3. The van der Waals surface area contributed by atoms with Gasteiger partial charge in [0.05, 0.1) is 24.5 Å². The fourth-order valence-electron chi connectivity index (χ4n) is 3.73. The summed E-state index contributed by atoms with van der Waals surface area (Å²) in [6.07, 6.45) is 2.12. The number of para-hydroxylation sites is 2. The minimum absolute atomic E-state index is 0.255. The minimum Gasteiger partial charge on any atom is -0.502 e. The summed E-state index contributed by atoms with van der Waals surface area (Å²) < 4.78 is 10.8. The Hall–Kier alpha value is -3.68. The van der Waals surface area contributed by atoms with Crippen LogP contribution in [0.25, 0.3) is 0 Å². The van der Waals surface area contributed by atoms with Gasteiger partial charge in [0.2, 0.25) is 10.9 Å². The number of hydrogen-bond donors (Lipinski definition) is 2. The molecule has 0 saturated carbocycles. The molecule has 0 amide bonds. The van der Waals surface area contributed by atoms with Crippen LogP contribution in [0.15, 0.2) is 67.3 Å². The highest BCUT2D eigenvalue weighted by Crippen LogP contribution is 2.35. The summed E-state index contributed by atoms with van der Waals surface area (Å²) in [7, 11) is 0. The van der Waals surface area contributed by atoms with E-state index in [0.717, 1.165) is 37.0 Å². The zero-order valence-electron chi connectivity index (χ0n) is 16.4. The number of nitrogens with zero attached hydrogens (tertiary/aromatic N) is 2. The number of hydrogen-bond acceptors (Lipinski definition) is 8. The van der Waals surface area contributed by atoms with E-state index in [1.54, 1.807) is 0 Å². The molecule has 8 heteroatoms. The number of aromatic hydroxyl groups is 2. The topological polar surface area (TPSA) is 107 Å². The molecule has 2 N–H and O–H groups in total. The summed E-state index contributed by atoms with van der Waals surface area (Å²) in [6, 6.07) is 10.5. The zero-order chi connectivity index (χ0) is 21.3. The maximum Gasteiger partial charge on any atom is 0.226 e. The third-order valence-electron chi connectivity index (χ3n) is 5.05. The largest absolute Gasteiger partial charge is 0.502 e. The molecule has 0 spiro atoms. The lowest BCUT2D eigenvalue weighted by molar-refractivity contribution is 0.407. The molecular weight excluding hydrogens is 388 g/mol. The first kappa shape index (κ1) is 19.6. The van der Waals surface area contributed by atoms with E-state index in [2.05, 4.69) is 16.7 Å². The molecule has 3 aromatic rings. The molecule has 1 aliphatic rings. The zero-order valence-corrected chi connectivity index (χ0v) is 16.4. The van der Waals surface area contributed by atoms with Crippen LogP contribution < -0.4 is 20.7 Å². The van der Waals surface area contributed by atoms with Crippen LogP contribution in [-0.4, -0.2) is 23.3 Å². The molecule has 0 unspecified atom stereocenters. The number of anilines is 2. The first-order chi connectivity index (χ1) is 14.4. The highest BCUT2D eigenvalue weighted by atomic mass is 16.4. The third kappa shape index (κ3) is 4.03. The van der Waals surface area contributed by atoms with E-state index in [0.29, 0.717) is 24.6 Å². The molecular formula is C22H22N2O6. The Kier molecular flexibility index (Phi) is 5.22. The normalized spacial score (nSPS) is 14.4. The summed E-state index contributed by atoms with van der Waals surface area (Å²) in [5.41, 5.74) is 0.963. The lowest BCUT2D eigenvalue weighted by Gasteiger charge is -2.27. The average molecular weight is 410 g/mol. The Morgan fingerprint density at radius 2 is 1.30 bits per heavy atom. The van der Waals surface area contributed by atoms with Crippen molar-refractivity contribution in [1.82, 2.24) is 0 Å². The van der Waals surface area contributed by atoms with Crippen molar-refractivity contribution in [2.75, 3.05) is 22.9 Å². The van der Waals surface area contributed by atoms with Gasteiger partial charge in [0.15, 0.2) is 11.5 Å². The summed E-state index contributed by atoms with van der Waals surface area (Å²) in [4.78, 5) is 27.8. The second-order valence-corrected chi connectivity index (χ2v) is 7.55. The molecule has 0 atom stereocenters. The molecule has 0 radical (unpaired) electrons. The predicted molar refractivity (Wildman–Crippen MR) is 111 cm³/mol. The number of rotatable bonds is 4. The molecule has 156 valence electrons. The smallest absolute Gasteiger partial charge is 0.226 e. The van der Waals surface area contributed by atoms with Crippen LogP contribution in [0.1, 0.15) is 18.4 Å². The third-order valence-corrected chi connectivity index (χ3v) is 5.05. The summed E-state index contributed by atoms with van der Waals surface area (Å²) in [5.74, 6) is 0.343. The van der Waals surface area contributed by atoms with E-state index in [9.17, 15) is 19.8 Å². The van der Waals surface area contributed by atoms with Gasteiger partial charge in [-0.25, -0.2) is 0 Å². The van der Waals surface area contributed by atoms with Gasteiger partial charge in [-0.3, -0.25) is 9.59 Å². The fourth-order valence-corrected chi connectivity index (χ4v) is 3.73. The van der Waals surface area contributed by atoms with Crippen LogP contribution in [0.2, 0.25) is 0 Å². The Bertz CT molecular complexity index is 1080. The van der Waals surface area contributed by atoms with Crippen LogP contribution >= 0.6 is 0 Å². The molecule has 0 saturated heterocycles. The van der Waals surface area contributed by atoms with E-state index < -0.39 is 22.4 Å². The molecule has 0 fully saturated rings. The molecule has 3 heterocycles. The maximum atomic E-state index is 11.8. The van der Waals surface area contributed by atoms with Gasteiger partial charge in [0.25, 0.3) is 0 Å². The van der Waals surface area contributed by atoms with Crippen LogP contribution in [0, 0.1) is 5.92 Å². The van der Waals surface area contributed by atoms with E-state index >= 15 is 0 Å². The van der Waals surface area contributed by atoms with Crippen molar-refractivity contribution in [2.45, 2.75) is 20.0 Å². The average Bonchev–Trinajstić information content (AvgIpc) is 2.84. The number of benzene rings is 1. The van der Waals surface area contributed by atoms with E-state index in [-0.39, 0.29) is 5.92 Å². The molecule has 8 nitrogen and oxygen atoms in total. The first-order valence-corrected chi connectivity index (χ1v) is 9.61. The second kappa shape index (κ2) is 7.98. The second-order valence-electron chi connectivity index (χ2n) is 7.55. The van der Waals surface area contributed by atoms with Crippen molar-refractivity contribution in [2.24, 2.45) is 5.92 Å². The Labute approximate surface area is 172 Å². The van der Waals surface area contributed by atoms with Crippen LogP contribution in [-0.2, 0) is 13.1 Å². The van der Waals surface area contributed by atoms with Crippen molar-refractivity contribution >= 4 is 11.4 Å². The maximum absolute atomic E-state index is 11.8. The van der Waals surface area contributed by atoms with Gasteiger partial charge in [-0.15, -0.1) is 0 Å². The Morgan fingerprint density at radius 3 is 1.70 bits per heavy atom. The Morgan fingerprint density at radius 1 is 0.867 bits per heavy atom. The lowest BCUT2D eigenvalue weighted by Crippen LogP contribution is -2.30. The van der Waals surface area contributed by atoms with Gasteiger partial charge in [0, 0.05) is 25.2 Å². The van der Waals surface area contributed by atoms with Gasteiger partial charge < -0.3 is 28.8 Å².